The number of aromatic nitrogens is 1. The van der Waals surface area contributed by atoms with Crippen molar-refractivity contribution in [2.24, 2.45) is 0 Å². The maximum Gasteiger partial charge on any atom is 0.455 e. The van der Waals surface area contributed by atoms with E-state index in [1.54, 1.807) is 0 Å². The molecule has 7 heteroatoms. The van der Waals surface area contributed by atoms with Crippen molar-refractivity contribution in [3.05, 3.63) is 15.0 Å². The standard InChI is InChI=1S/C5HBrF3NOS/c6-4-10-1-2(12-4)3(11)5(7,8)9/h1H. The maximum absolute atomic E-state index is 11.8. The Morgan fingerprint density at radius 2 is 2.17 bits per heavy atom. The Balaban J connectivity index is 2.93. The molecule has 0 saturated carbocycles. The monoisotopic (exact) mass is 259 g/mol. The number of ketones is 1. The van der Waals surface area contributed by atoms with Crippen molar-refractivity contribution in [2.75, 3.05) is 0 Å². The molecule has 1 aromatic rings. The second-order valence-corrected chi connectivity index (χ2v) is 4.11. The van der Waals surface area contributed by atoms with E-state index in [0.717, 1.165) is 6.20 Å². The van der Waals surface area contributed by atoms with Crippen molar-refractivity contribution in [2.45, 2.75) is 6.18 Å². The number of rotatable bonds is 1. The highest BCUT2D eigenvalue weighted by molar-refractivity contribution is 9.11. The third-order valence-corrected chi connectivity index (χ3v) is 2.43. The fourth-order valence-corrected chi connectivity index (χ4v) is 1.72. The highest BCUT2D eigenvalue weighted by atomic mass is 79.9. The topological polar surface area (TPSA) is 30.0 Å². The number of alkyl halides is 3. The van der Waals surface area contributed by atoms with Gasteiger partial charge in [0.15, 0.2) is 3.92 Å². The van der Waals surface area contributed by atoms with Crippen LogP contribution in [0.5, 0.6) is 0 Å². The molecule has 1 heterocycles. The zero-order valence-corrected chi connectivity index (χ0v) is 7.76. The molecule has 0 aromatic carbocycles. The fourth-order valence-electron chi connectivity index (χ4n) is 0.497. The molecule has 0 saturated heterocycles. The molecule has 1 aromatic heterocycles. The molecular weight excluding hydrogens is 259 g/mol. The summed E-state index contributed by atoms with van der Waals surface area (Å²) in [4.78, 5) is 13.6. The van der Waals surface area contributed by atoms with Crippen LogP contribution in [-0.4, -0.2) is 16.9 Å². The maximum atomic E-state index is 11.8. The van der Waals surface area contributed by atoms with Crippen molar-refractivity contribution in [1.82, 2.24) is 4.98 Å². The van der Waals surface area contributed by atoms with E-state index in [1.807, 2.05) is 0 Å². The van der Waals surface area contributed by atoms with Crippen molar-refractivity contribution in [3.8, 4) is 0 Å². The highest BCUT2D eigenvalue weighted by Gasteiger charge is 2.40. The van der Waals surface area contributed by atoms with Gasteiger partial charge in [-0.3, -0.25) is 4.79 Å². The first kappa shape index (κ1) is 9.66. The van der Waals surface area contributed by atoms with Crippen LogP contribution in [0.25, 0.3) is 0 Å². The lowest BCUT2D eigenvalue weighted by Gasteiger charge is -2.00. The van der Waals surface area contributed by atoms with E-state index in [4.69, 9.17) is 0 Å². The summed E-state index contributed by atoms with van der Waals surface area (Å²) < 4.78 is 35.5. The quantitative estimate of drug-likeness (QED) is 0.726. The van der Waals surface area contributed by atoms with E-state index in [2.05, 4.69) is 20.9 Å². The molecule has 0 atom stereocenters. The van der Waals surface area contributed by atoms with Gasteiger partial charge in [0.1, 0.15) is 4.88 Å². The van der Waals surface area contributed by atoms with Crippen LogP contribution >= 0.6 is 27.3 Å². The van der Waals surface area contributed by atoms with Crippen molar-refractivity contribution in [1.29, 1.82) is 0 Å². The molecule has 66 valence electrons. The van der Waals surface area contributed by atoms with E-state index in [0.29, 0.717) is 11.3 Å². The van der Waals surface area contributed by atoms with Gasteiger partial charge in [-0.25, -0.2) is 4.98 Å². The normalized spacial score (nSPS) is 11.7. The molecule has 0 spiro atoms. The largest absolute Gasteiger partial charge is 0.455 e. The molecule has 0 fully saturated rings. The van der Waals surface area contributed by atoms with Crippen LogP contribution in [0.3, 0.4) is 0 Å². The lowest BCUT2D eigenvalue weighted by Crippen LogP contribution is -2.21. The number of hydrogen-bond donors (Lipinski definition) is 0. The summed E-state index contributed by atoms with van der Waals surface area (Å²) in [7, 11) is 0. The minimum atomic E-state index is -4.81. The third kappa shape index (κ3) is 2.04. The zero-order valence-electron chi connectivity index (χ0n) is 5.35. The van der Waals surface area contributed by atoms with Gasteiger partial charge in [0.2, 0.25) is 0 Å². The van der Waals surface area contributed by atoms with Crippen LogP contribution < -0.4 is 0 Å². The number of carbonyl (C=O) groups is 1. The SMILES string of the molecule is O=C(c1cnc(Br)s1)C(F)(F)F. The molecule has 2 nitrogen and oxygen atoms in total. The minimum absolute atomic E-state index is 0.259. The molecule has 0 aliphatic carbocycles. The Hall–Kier alpha value is -0.430. The first-order chi connectivity index (χ1) is 5.41. The second-order valence-electron chi connectivity index (χ2n) is 1.80. The Labute approximate surface area is 77.5 Å². The van der Waals surface area contributed by atoms with Gasteiger partial charge in [-0.05, 0) is 15.9 Å². The Morgan fingerprint density at radius 1 is 1.58 bits per heavy atom. The summed E-state index contributed by atoms with van der Waals surface area (Å²) in [5.74, 6) is -1.86. The lowest BCUT2D eigenvalue weighted by molar-refractivity contribution is -0.0882. The lowest BCUT2D eigenvalue weighted by atomic mass is 10.3. The first-order valence-corrected chi connectivity index (χ1v) is 4.25. The van der Waals surface area contributed by atoms with Gasteiger partial charge >= 0.3 is 6.18 Å². The minimum Gasteiger partial charge on any atom is -0.283 e. The summed E-state index contributed by atoms with van der Waals surface area (Å²) in [5.41, 5.74) is 0. The fraction of sp³-hybridized carbons (Fsp3) is 0.200. The average Bonchev–Trinajstić information content (AvgIpc) is 2.32. The predicted molar refractivity (Wildman–Crippen MR) is 40.2 cm³/mol. The molecule has 1 rings (SSSR count). The molecule has 0 aliphatic rings. The molecule has 0 amide bonds. The number of thiazole rings is 1. The molecule has 12 heavy (non-hydrogen) atoms. The Bertz CT molecular complexity index is 308. The smallest absolute Gasteiger partial charge is 0.283 e. The Morgan fingerprint density at radius 3 is 2.50 bits per heavy atom. The van der Waals surface area contributed by atoms with Crippen molar-refractivity contribution < 1.29 is 18.0 Å². The number of nitrogens with zero attached hydrogens (tertiary/aromatic N) is 1. The molecule has 0 aliphatic heterocycles. The summed E-state index contributed by atoms with van der Waals surface area (Å²) >= 11 is 3.51. The highest BCUT2D eigenvalue weighted by Crippen LogP contribution is 2.26. The molecule has 0 unspecified atom stereocenters. The van der Waals surface area contributed by atoms with Gasteiger partial charge in [-0.15, -0.1) is 11.3 Å². The summed E-state index contributed by atoms with van der Waals surface area (Å²) in [5, 5.41) is 0. The van der Waals surface area contributed by atoms with Gasteiger partial charge in [-0.2, -0.15) is 13.2 Å². The molecule has 0 radical (unpaired) electrons. The van der Waals surface area contributed by atoms with E-state index < -0.39 is 16.8 Å². The van der Waals surface area contributed by atoms with Crippen LogP contribution in [0.4, 0.5) is 13.2 Å². The van der Waals surface area contributed by atoms with E-state index >= 15 is 0 Å². The van der Waals surface area contributed by atoms with Gasteiger partial charge in [-0.1, -0.05) is 0 Å². The average molecular weight is 260 g/mol. The number of Topliss-reactive ketones (excluding diaryl/α,β-unsaturated/α-hetero) is 1. The van der Waals surface area contributed by atoms with E-state index in [1.165, 1.54) is 0 Å². The zero-order chi connectivity index (χ0) is 9.35. The molecular formula is C5HBrF3NOS. The molecule has 0 bridgehead atoms. The van der Waals surface area contributed by atoms with Crippen molar-refractivity contribution >= 4 is 33.0 Å². The van der Waals surface area contributed by atoms with E-state index in [-0.39, 0.29) is 3.92 Å². The summed E-state index contributed by atoms with van der Waals surface area (Å²) in [6.45, 7) is 0. The summed E-state index contributed by atoms with van der Waals surface area (Å²) in [6, 6.07) is 0. The van der Waals surface area contributed by atoms with Gasteiger partial charge in [0.25, 0.3) is 5.78 Å². The number of halogens is 4. The van der Waals surface area contributed by atoms with Crippen molar-refractivity contribution in [3.63, 3.8) is 0 Å². The van der Waals surface area contributed by atoms with Crippen LogP contribution in [-0.2, 0) is 0 Å². The number of carbonyl (C=O) groups excluding carboxylic acids is 1. The second kappa shape index (κ2) is 3.14. The predicted octanol–water partition coefficient (Wildman–Crippen LogP) is 2.65. The van der Waals surface area contributed by atoms with Crippen LogP contribution in [0.1, 0.15) is 9.67 Å². The van der Waals surface area contributed by atoms with Gasteiger partial charge < -0.3 is 0 Å². The van der Waals surface area contributed by atoms with Gasteiger partial charge in [0, 0.05) is 0 Å². The van der Waals surface area contributed by atoms with Crippen LogP contribution in [0, 0.1) is 0 Å². The van der Waals surface area contributed by atoms with Crippen LogP contribution in [0.2, 0.25) is 0 Å². The summed E-state index contributed by atoms with van der Waals surface area (Å²) in [6.07, 6.45) is -3.92. The van der Waals surface area contributed by atoms with E-state index in [9.17, 15) is 18.0 Å². The van der Waals surface area contributed by atoms with Gasteiger partial charge in [0.05, 0.1) is 6.20 Å². The Kier molecular flexibility index (Phi) is 2.52. The first-order valence-electron chi connectivity index (χ1n) is 2.64. The van der Waals surface area contributed by atoms with Crippen LogP contribution in [0.15, 0.2) is 10.1 Å². The molecule has 0 N–H and O–H groups in total. The third-order valence-electron chi connectivity index (χ3n) is 0.959. The number of hydrogen-bond acceptors (Lipinski definition) is 3.